The fourth-order valence-corrected chi connectivity index (χ4v) is 1.63. The molecule has 0 atom stereocenters. The van der Waals surface area contributed by atoms with Crippen molar-refractivity contribution in [3.63, 3.8) is 0 Å². The molecule has 0 radical (unpaired) electrons. The number of urea groups is 1. The van der Waals surface area contributed by atoms with Crippen molar-refractivity contribution in [2.24, 2.45) is 0 Å². The van der Waals surface area contributed by atoms with Crippen molar-refractivity contribution in [3.05, 3.63) is 23.7 Å². The van der Waals surface area contributed by atoms with Crippen molar-refractivity contribution in [2.45, 2.75) is 31.8 Å². The van der Waals surface area contributed by atoms with Crippen LogP contribution in [0.15, 0.2) is 16.5 Å². The van der Waals surface area contributed by atoms with Gasteiger partial charge in [0.1, 0.15) is 5.76 Å². The van der Waals surface area contributed by atoms with Gasteiger partial charge < -0.3 is 25.5 Å². The van der Waals surface area contributed by atoms with E-state index in [4.69, 9.17) is 9.52 Å². The summed E-state index contributed by atoms with van der Waals surface area (Å²) in [5.74, 6) is -1.07. The second-order valence-electron chi connectivity index (χ2n) is 4.77. The topological polar surface area (TPSA) is 121 Å². The zero-order chi connectivity index (χ0) is 15.2. The Bertz CT molecular complexity index is 536. The normalized spacial score (nSPS) is 13.5. The number of carboxylic acid groups (broad SMARTS) is 1. The van der Waals surface area contributed by atoms with Crippen LogP contribution in [0.1, 0.15) is 35.6 Å². The van der Waals surface area contributed by atoms with Gasteiger partial charge in [0.15, 0.2) is 0 Å². The Morgan fingerprint density at radius 1 is 1.24 bits per heavy atom. The Morgan fingerprint density at radius 3 is 2.62 bits per heavy atom. The van der Waals surface area contributed by atoms with Crippen molar-refractivity contribution in [3.8, 4) is 0 Å². The molecule has 0 aromatic carbocycles. The molecule has 114 valence electrons. The van der Waals surface area contributed by atoms with Gasteiger partial charge in [0.25, 0.3) is 0 Å². The minimum absolute atomic E-state index is 0.0741. The number of carboxylic acids is 1. The average Bonchev–Trinajstić information content (AvgIpc) is 3.10. The highest BCUT2D eigenvalue weighted by Gasteiger charge is 2.22. The summed E-state index contributed by atoms with van der Waals surface area (Å²) in [4.78, 5) is 33.4. The predicted octanol–water partition coefficient (Wildman–Crippen LogP) is 0.446. The molecule has 0 bridgehead atoms. The molecular weight excluding hydrogens is 278 g/mol. The molecule has 8 nitrogen and oxygen atoms in total. The quantitative estimate of drug-likeness (QED) is 0.582. The number of carbonyl (C=O) groups is 3. The standard InChI is InChI=1S/C13H17N3O5/c17-11(16-8-1-2-8)5-6-14-13(20)15-7-9-3-4-10(21-9)12(18)19/h3-4,8H,1-2,5-7H2,(H,16,17)(H,18,19)(H2,14,15,20). The third kappa shape index (κ3) is 5.17. The lowest BCUT2D eigenvalue weighted by molar-refractivity contribution is -0.121. The van der Waals surface area contributed by atoms with E-state index in [1.807, 2.05) is 0 Å². The number of hydrogen-bond acceptors (Lipinski definition) is 4. The zero-order valence-electron chi connectivity index (χ0n) is 11.3. The molecule has 21 heavy (non-hydrogen) atoms. The average molecular weight is 295 g/mol. The van der Waals surface area contributed by atoms with Crippen LogP contribution in [0.3, 0.4) is 0 Å². The highest BCUT2D eigenvalue weighted by Crippen LogP contribution is 2.18. The molecule has 3 amide bonds. The van der Waals surface area contributed by atoms with Crippen molar-refractivity contribution >= 4 is 17.9 Å². The monoisotopic (exact) mass is 295 g/mol. The van der Waals surface area contributed by atoms with Gasteiger partial charge in [-0.1, -0.05) is 0 Å². The van der Waals surface area contributed by atoms with Gasteiger partial charge in [0.05, 0.1) is 6.54 Å². The summed E-state index contributed by atoms with van der Waals surface area (Å²) >= 11 is 0. The molecule has 1 aromatic rings. The van der Waals surface area contributed by atoms with Crippen LogP contribution in [-0.2, 0) is 11.3 Å². The smallest absolute Gasteiger partial charge is 0.371 e. The SMILES string of the molecule is O=C(CCNC(=O)NCc1ccc(C(=O)O)o1)NC1CC1. The molecule has 1 heterocycles. The fraction of sp³-hybridized carbons (Fsp3) is 0.462. The summed E-state index contributed by atoms with van der Waals surface area (Å²) in [6.07, 6.45) is 2.29. The molecule has 1 aliphatic rings. The van der Waals surface area contributed by atoms with E-state index in [0.29, 0.717) is 11.8 Å². The summed E-state index contributed by atoms with van der Waals surface area (Å²) in [7, 11) is 0. The minimum atomic E-state index is -1.16. The van der Waals surface area contributed by atoms with E-state index in [2.05, 4.69) is 16.0 Å². The minimum Gasteiger partial charge on any atom is -0.475 e. The molecule has 1 fully saturated rings. The zero-order valence-corrected chi connectivity index (χ0v) is 11.3. The number of carbonyl (C=O) groups excluding carboxylic acids is 2. The van der Waals surface area contributed by atoms with Crippen LogP contribution in [0.25, 0.3) is 0 Å². The molecule has 0 saturated heterocycles. The van der Waals surface area contributed by atoms with Crippen molar-refractivity contribution in [1.29, 1.82) is 0 Å². The summed E-state index contributed by atoms with van der Waals surface area (Å²) < 4.78 is 4.98. The van der Waals surface area contributed by atoms with Crippen LogP contribution in [0.5, 0.6) is 0 Å². The second-order valence-corrected chi connectivity index (χ2v) is 4.77. The first kappa shape index (κ1) is 14.9. The number of amides is 3. The largest absolute Gasteiger partial charge is 0.475 e. The summed E-state index contributed by atoms with van der Waals surface area (Å²) in [5.41, 5.74) is 0. The number of aromatic carboxylic acids is 1. The van der Waals surface area contributed by atoms with E-state index in [0.717, 1.165) is 12.8 Å². The van der Waals surface area contributed by atoms with Gasteiger partial charge in [-0.05, 0) is 25.0 Å². The number of hydrogen-bond donors (Lipinski definition) is 4. The lowest BCUT2D eigenvalue weighted by Gasteiger charge is -2.06. The number of nitrogens with one attached hydrogen (secondary N) is 3. The first-order chi connectivity index (χ1) is 10.0. The molecular formula is C13H17N3O5. The van der Waals surface area contributed by atoms with E-state index in [9.17, 15) is 14.4 Å². The maximum absolute atomic E-state index is 11.5. The van der Waals surface area contributed by atoms with Gasteiger partial charge in [-0.25, -0.2) is 9.59 Å². The summed E-state index contributed by atoms with van der Waals surface area (Å²) in [5, 5.41) is 16.5. The Balaban J connectivity index is 1.60. The Hall–Kier alpha value is -2.51. The van der Waals surface area contributed by atoms with E-state index in [1.165, 1.54) is 12.1 Å². The Labute approximate surface area is 120 Å². The molecule has 1 aromatic heterocycles. The molecule has 0 unspecified atom stereocenters. The molecule has 8 heteroatoms. The van der Waals surface area contributed by atoms with Gasteiger partial charge in [-0.15, -0.1) is 0 Å². The van der Waals surface area contributed by atoms with E-state index >= 15 is 0 Å². The lowest BCUT2D eigenvalue weighted by atomic mass is 10.4. The maximum atomic E-state index is 11.5. The van der Waals surface area contributed by atoms with Gasteiger partial charge >= 0.3 is 12.0 Å². The third-order valence-corrected chi connectivity index (χ3v) is 2.88. The van der Waals surface area contributed by atoms with Crippen molar-refractivity contribution in [1.82, 2.24) is 16.0 Å². The molecule has 0 spiro atoms. The van der Waals surface area contributed by atoms with Gasteiger partial charge in [-0.3, -0.25) is 4.79 Å². The van der Waals surface area contributed by atoms with E-state index in [-0.39, 0.29) is 31.2 Å². The van der Waals surface area contributed by atoms with Crippen LogP contribution in [0.2, 0.25) is 0 Å². The van der Waals surface area contributed by atoms with E-state index in [1.54, 1.807) is 0 Å². The van der Waals surface area contributed by atoms with Crippen molar-refractivity contribution in [2.75, 3.05) is 6.54 Å². The lowest BCUT2D eigenvalue weighted by Crippen LogP contribution is -2.37. The van der Waals surface area contributed by atoms with Gasteiger partial charge in [-0.2, -0.15) is 0 Å². The molecule has 2 rings (SSSR count). The molecule has 1 aliphatic carbocycles. The Morgan fingerprint density at radius 2 is 2.00 bits per heavy atom. The van der Waals surface area contributed by atoms with Crippen LogP contribution in [0.4, 0.5) is 4.79 Å². The first-order valence-electron chi connectivity index (χ1n) is 6.67. The molecule has 0 aliphatic heterocycles. The fourth-order valence-electron chi connectivity index (χ4n) is 1.63. The molecule has 1 saturated carbocycles. The van der Waals surface area contributed by atoms with Gasteiger partial charge in [0.2, 0.25) is 11.7 Å². The first-order valence-corrected chi connectivity index (χ1v) is 6.67. The maximum Gasteiger partial charge on any atom is 0.371 e. The summed E-state index contributed by atoms with van der Waals surface area (Å²) in [6.45, 7) is 0.316. The predicted molar refractivity (Wildman–Crippen MR) is 71.7 cm³/mol. The van der Waals surface area contributed by atoms with Crippen LogP contribution in [-0.4, -0.2) is 35.6 Å². The van der Waals surface area contributed by atoms with E-state index < -0.39 is 12.0 Å². The van der Waals surface area contributed by atoms with Crippen LogP contribution < -0.4 is 16.0 Å². The van der Waals surface area contributed by atoms with Crippen LogP contribution >= 0.6 is 0 Å². The van der Waals surface area contributed by atoms with Crippen LogP contribution in [0, 0.1) is 0 Å². The summed E-state index contributed by atoms with van der Waals surface area (Å²) in [6, 6.07) is 2.67. The van der Waals surface area contributed by atoms with Crippen molar-refractivity contribution < 1.29 is 23.9 Å². The number of furan rings is 1. The highest BCUT2D eigenvalue weighted by molar-refractivity contribution is 5.84. The highest BCUT2D eigenvalue weighted by atomic mass is 16.4. The second kappa shape index (κ2) is 6.78. The Kier molecular flexibility index (Phi) is 4.81. The molecule has 4 N–H and O–H groups in total. The van der Waals surface area contributed by atoms with Gasteiger partial charge in [0, 0.05) is 19.0 Å². The number of rotatable bonds is 7. The third-order valence-electron chi connectivity index (χ3n) is 2.88.